The summed E-state index contributed by atoms with van der Waals surface area (Å²) >= 11 is 1.53. The Labute approximate surface area is 159 Å². The van der Waals surface area contributed by atoms with Crippen LogP contribution in [0.3, 0.4) is 0 Å². The van der Waals surface area contributed by atoms with Gasteiger partial charge in [-0.05, 0) is 32.8 Å². The summed E-state index contributed by atoms with van der Waals surface area (Å²) < 4.78 is 0. The van der Waals surface area contributed by atoms with E-state index >= 15 is 0 Å². The SMILES string of the molecule is Cc1cccc(-c2nc(C)c(C(=O)N3CCN(C4CCCC4)CC3)s2)c1. The van der Waals surface area contributed by atoms with Crippen LogP contribution in [0, 0.1) is 13.8 Å². The van der Waals surface area contributed by atoms with Crippen LogP contribution in [-0.4, -0.2) is 52.9 Å². The van der Waals surface area contributed by atoms with Gasteiger partial charge in [-0.1, -0.05) is 36.6 Å². The highest BCUT2D eigenvalue weighted by Crippen LogP contribution is 2.30. The van der Waals surface area contributed by atoms with Crippen molar-refractivity contribution < 1.29 is 4.79 Å². The number of aromatic nitrogens is 1. The number of carbonyl (C=O) groups is 1. The Kier molecular flexibility index (Phi) is 5.09. The Morgan fingerprint density at radius 1 is 1.12 bits per heavy atom. The first-order valence-electron chi connectivity index (χ1n) is 9.69. The minimum Gasteiger partial charge on any atom is -0.335 e. The molecule has 2 aliphatic rings. The van der Waals surface area contributed by atoms with E-state index in [9.17, 15) is 4.79 Å². The number of thiazole rings is 1. The zero-order valence-corrected chi connectivity index (χ0v) is 16.5. The molecule has 0 unspecified atom stereocenters. The van der Waals surface area contributed by atoms with Crippen molar-refractivity contribution in [1.29, 1.82) is 0 Å². The molecule has 0 N–H and O–H groups in total. The largest absolute Gasteiger partial charge is 0.335 e. The number of hydrogen-bond acceptors (Lipinski definition) is 4. The number of aryl methyl sites for hydroxylation is 2. The Morgan fingerprint density at radius 2 is 1.85 bits per heavy atom. The molecular formula is C21H27N3OS. The van der Waals surface area contributed by atoms with E-state index in [1.807, 2.05) is 17.9 Å². The van der Waals surface area contributed by atoms with Crippen LogP contribution < -0.4 is 0 Å². The maximum absolute atomic E-state index is 13.0. The third kappa shape index (κ3) is 3.55. The van der Waals surface area contributed by atoms with Gasteiger partial charge in [-0.25, -0.2) is 4.98 Å². The Balaban J connectivity index is 1.45. The van der Waals surface area contributed by atoms with Crippen molar-refractivity contribution >= 4 is 17.2 Å². The van der Waals surface area contributed by atoms with Crippen LogP contribution in [0.15, 0.2) is 24.3 Å². The van der Waals surface area contributed by atoms with Crippen molar-refractivity contribution in [1.82, 2.24) is 14.8 Å². The van der Waals surface area contributed by atoms with Gasteiger partial charge in [0.05, 0.1) is 5.69 Å². The summed E-state index contributed by atoms with van der Waals surface area (Å²) in [6.45, 7) is 7.74. The maximum atomic E-state index is 13.0. The van der Waals surface area contributed by atoms with Gasteiger partial charge in [0.2, 0.25) is 0 Å². The van der Waals surface area contributed by atoms with Crippen LogP contribution >= 0.6 is 11.3 Å². The zero-order valence-electron chi connectivity index (χ0n) is 15.7. The van der Waals surface area contributed by atoms with E-state index in [1.165, 1.54) is 42.6 Å². The van der Waals surface area contributed by atoms with E-state index in [1.54, 1.807) is 0 Å². The third-order valence-electron chi connectivity index (χ3n) is 5.70. The first kappa shape index (κ1) is 17.7. The fraction of sp³-hybridized carbons (Fsp3) is 0.524. The van der Waals surface area contributed by atoms with Gasteiger partial charge in [0, 0.05) is 37.8 Å². The first-order valence-corrected chi connectivity index (χ1v) is 10.5. The van der Waals surface area contributed by atoms with Gasteiger partial charge in [0.15, 0.2) is 0 Å². The molecule has 138 valence electrons. The highest BCUT2D eigenvalue weighted by Gasteiger charge is 2.29. The highest BCUT2D eigenvalue weighted by molar-refractivity contribution is 7.17. The van der Waals surface area contributed by atoms with Crippen LogP contribution in [0.2, 0.25) is 0 Å². The summed E-state index contributed by atoms with van der Waals surface area (Å²) in [4.78, 5) is 23.1. The van der Waals surface area contributed by atoms with Gasteiger partial charge < -0.3 is 4.90 Å². The number of hydrogen-bond donors (Lipinski definition) is 0. The molecule has 1 aliphatic carbocycles. The minimum absolute atomic E-state index is 0.157. The van der Waals surface area contributed by atoms with Crippen molar-refractivity contribution in [3.05, 3.63) is 40.4 Å². The molecule has 1 saturated carbocycles. The summed E-state index contributed by atoms with van der Waals surface area (Å²) in [7, 11) is 0. The normalized spacial score (nSPS) is 19.2. The van der Waals surface area contributed by atoms with Crippen molar-refractivity contribution in [2.45, 2.75) is 45.6 Å². The Bertz CT molecular complexity index is 786. The molecule has 2 heterocycles. The predicted octanol–water partition coefficient (Wildman–Crippen LogP) is 4.13. The van der Waals surface area contributed by atoms with Crippen LogP contribution in [-0.2, 0) is 0 Å². The van der Waals surface area contributed by atoms with Crippen molar-refractivity contribution in [3.8, 4) is 10.6 Å². The van der Waals surface area contributed by atoms with E-state index < -0.39 is 0 Å². The van der Waals surface area contributed by atoms with Crippen LogP contribution in [0.5, 0.6) is 0 Å². The molecule has 0 atom stereocenters. The fourth-order valence-electron chi connectivity index (χ4n) is 4.20. The third-order valence-corrected chi connectivity index (χ3v) is 6.89. The molecule has 1 aromatic carbocycles. The lowest BCUT2D eigenvalue weighted by molar-refractivity contribution is 0.0577. The first-order chi connectivity index (χ1) is 12.6. The van der Waals surface area contributed by atoms with E-state index in [-0.39, 0.29) is 5.91 Å². The number of carbonyl (C=O) groups excluding carboxylic acids is 1. The van der Waals surface area contributed by atoms with E-state index in [4.69, 9.17) is 0 Å². The van der Waals surface area contributed by atoms with Gasteiger partial charge in [0.1, 0.15) is 9.88 Å². The number of amides is 1. The molecule has 1 saturated heterocycles. The van der Waals surface area contributed by atoms with Crippen LogP contribution in [0.4, 0.5) is 0 Å². The number of rotatable bonds is 3. The van der Waals surface area contributed by atoms with Gasteiger partial charge in [0.25, 0.3) is 5.91 Å². The second-order valence-electron chi connectivity index (χ2n) is 7.57. The molecular weight excluding hydrogens is 342 g/mol. The quantitative estimate of drug-likeness (QED) is 0.816. The number of benzene rings is 1. The predicted molar refractivity (Wildman–Crippen MR) is 107 cm³/mol. The maximum Gasteiger partial charge on any atom is 0.265 e. The molecule has 2 fully saturated rings. The molecule has 1 amide bonds. The second-order valence-corrected chi connectivity index (χ2v) is 8.57. The van der Waals surface area contributed by atoms with Gasteiger partial charge in [-0.15, -0.1) is 11.3 Å². The molecule has 26 heavy (non-hydrogen) atoms. The topological polar surface area (TPSA) is 36.4 Å². The summed E-state index contributed by atoms with van der Waals surface area (Å²) in [5.74, 6) is 0.157. The van der Waals surface area contributed by atoms with Crippen molar-refractivity contribution in [2.24, 2.45) is 0 Å². The monoisotopic (exact) mass is 369 g/mol. The lowest BCUT2D eigenvalue weighted by Crippen LogP contribution is -2.51. The summed E-state index contributed by atoms with van der Waals surface area (Å²) in [6, 6.07) is 9.09. The number of piperazine rings is 1. The van der Waals surface area contributed by atoms with Gasteiger partial charge >= 0.3 is 0 Å². The summed E-state index contributed by atoms with van der Waals surface area (Å²) in [6.07, 6.45) is 5.40. The molecule has 2 aromatic rings. The van der Waals surface area contributed by atoms with E-state index in [0.717, 1.165) is 53.4 Å². The molecule has 1 aromatic heterocycles. The average Bonchev–Trinajstić information content (AvgIpc) is 3.31. The lowest BCUT2D eigenvalue weighted by atomic mass is 10.1. The molecule has 0 bridgehead atoms. The molecule has 0 radical (unpaired) electrons. The Morgan fingerprint density at radius 3 is 2.54 bits per heavy atom. The zero-order chi connectivity index (χ0) is 18.1. The summed E-state index contributed by atoms with van der Waals surface area (Å²) in [5, 5.41) is 0.944. The molecule has 4 rings (SSSR count). The van der Waals surface area contributed by atoms with Crippen molar-refractivity contribution in [2.75, 3.05) is 26.2 Å². The Hall–Kier alpha value is -1.72. The highest BCUT2D eigenvalue weighted by atomic mass is 32.1. The van der Waals surface area contributed by atoms with Crippen molar-refractivity contribution in [3.63, 3.8) is 0 Å². The van der Waals surface area contributed by atoms with Gasteiger partial charge in [-0.3, -0.25) is 9.69 Å². The van der Waals surface area contributed by atoms with E-state index in [2.05, 4.69) is 35.0 Å². The second kappa shape index (κ2) is 7.49. The summed E-state index contributed by atoms with van der Waals surface area (Å²) in [5.41, 5.74) is 3.17. The average molecular weight is 370 g/mol. The molecule has 4 nitrogen and oxygen atoms in total. The van der Waals surface area contributed by atoms with Gasteiger partial charge in [-0.2, -0.15) is 0 Å². The molecule has 5 heteroatoms. The molecule has 1 aliphatic heterocycles. The van der Waals surface area contributed by atoms with Crippen LogP contribution in [0.1, 0.15) is 46.6 Å². The lowest BCUT2D eigenvalue weighted by Gasteiger charge is -2.37. The standard InChI is InChI=1S/C21H27N3OS/c1-15-6-5-7-17(14-15)20-22-16(2)19(26-20)21(25)24-12-10-23(11-13-24)18-8-3-4-9-18/h5-7,14,18H,3-4,8-13H2,1-2H3. The fourth-order valence-corrected chi connectivity index (χ4v) is 5.23. The minimum atomic E-state index is 0.157. The smallest absolute Gasteiger partial charge is 0.265 e. The number of nitrogens with zero attached hydrogens (tertiary/aromatic N) is 3. The van der Waals surface area contributed by atoms with E-state index in [0.29, 0.717) is 0 Å². The molecule has 0 spiro atoms. The van der Waals surface area contributed by atoms with Crippen LogP contribution in [0.25, 0.3) is 10.6 Å².